The first kappa shape index (κ1) is 18.3. The first-order valence-corrected chi connectivity index (χ1v) is 10.0. The zero-order chi connectivity index (χ0) is 19.8. The van der Waals surface area contributed by atoms with Crippen LogP contribution in [0.5, 0.6) is 0 Å². The number of ether oxygens (including phenoxy) is 1. The van der Waals surface area contributed by atoms with Gasteiger partial charge in [-0.25, -0.2) is 9.78 Å². The quantitative estimate of drug-likeness (QED) is 0.503. The van der Waals surface area contributed by atoms with E-state index >= 15 is 0 Å². The van der Waals surface area contributed by atoms with E-state index in [-0.39, 0.29) is 17.2 Å². The maximum atomic E-state index is 12.5. The maximum Gasteiger partial charge on any atom is 0.348 e. The summed E-state index contributed by atoms with van der Waals surface area (Å²) in [5.74, 6) is -1.03. The van der Waals surface area contributed by atoms with Crippen LogP contribution in [0.2, 0.25) is 0 Å². The van der Waals surface area contributed by atoms with Gasteiger partial charge in [0.1, 0.15) is 15.3 Å². The molecule has 28 heavy (non-hydrogen) atoms. The minimum absolute atomic E-state index is 0.0915. The van der Waals surface area contributed by atoms with Crippen LogP contribution in [-0.2, 0) is 4.74 Å². The summed E-state index contributed by atoms with van der Waals surface area (Å²) in [5, 5.41) is 3.43. The summed E-state index contributed by atoms with van der Waals surface area (Å²) < 4.78 is 11.4. The first-order valence-electron chi connectivity index (χ1n) is 8.39. The Bertz CT molecular complexity index is 1280. The van der Waals surface area contributed by atoms with Crippen molar-refractivity contribution < 1.29 is 18.7 Å². The highest BCUT2D eigenvalue weighted by atomic mass is 32.1. The Balaban J connectivity index is 1.62. The number of thiazole rings is 1. The summed E-state index contributed by atoms with van der Waals surface area (Å²) in [7, 11) is 0. The van der Waals surface area contributed by atoms with Crippen molar-refractivity contribution in [2.24, 2.45) is 0 Å². The van der Waals surface area contributed by atoms with Crippen LogP contribution < -0.4 is 10.7 Å². The van der Waals surface area contributed by atoms with Crippen molar-refractivity contribution in [1.29, 1.82) is 0 Å². The third kappa shape index (κ3) is 3.19. The van der Waals surface area contributed by atoms with Gasteiger partial charge in [0.05, 0.1) is 16.7 Å². The van der Waals surface area contributed by atoms with E-state index in [1.807, 2.05) is 6.92 Å². The number of aromatic nitrogens is 1. The van der Waals surface area contributed by atoms with Gasteiger partial charge in [-0.3, -0.25) is 14.9 Å². The molecule has 7 nitrogen and oxygen atoms in total. The van der Waals surface area contributed by atoms with Crippen molar-refractivity contribution in [3.05, 3.63) is 56.8 Å². The normalized spacial score (nSPS) is 11.1. The molecule has 0 saturated heterocycles. The number of thiophene rings is 1. The van der Waals surface area contributed by atoms with Gasteiger partial charge in [-0.1, -0.05) is 23.5 Å². The van der Waals surface area contributed by atoms with Crippen molar-refractivity contribution in [2.75, 3.05) is 11.9 Å². The number of hydrogen-bond donors (Lipinski definition) is 1. The smallest absolute Gasteiger partial charge is 0.348 e. The van der Waals surface area contributed by atoms with Gasteiger partial charge in [-0.05, 0) is 31.5 Å². The number of nitrogens with one attached hydrogen (secondary N) is 1. The van der Waals surface area contributed by atoms with Crippen LogP contribution >= 0.6 is 22.7 Å². The first-order chi connectivity index (χ1) is 13.5. The SMILES string of the molecule is CCOC(=O)c1sc2nc(NC(=O)c3cc(=O)c4ccccc4o3)sc2c1C. The molecule has 3 aromatic heterocycles. The number of fused-ring (bicyclic) bond motifs is 2. The average molecular weight is 414 g/mol. The number of carbonyl (C=O) groups is 2. The van der Waals surface area contributed by atoms with E-state index in [0.717, 1.165) is 16.3 Å². The van der Waals surface area contributed by atoms with Crippen molar-refractivity contribution in [3.63, 3.8) is 0 Å². The molecule has 0 aliphatic carbocycles. The van der Waals surface area contributed by atoms with E-state index in [9.17, 15) is 14.4 Å². The van der Waals surface area contributed by atoms with Gasteiger partial charge in [0.15, 0.2) is 16.3 Å². The Morgan fingerprint density at radius 2 is 2.04 bits per heavy atom. The Kier molecular flexibility index (Phi) is 4.70. The summed E-state index contributed by atoms with van der Waals surface area (Å²) in [6.45, 7) is 3.87. The fourth-order valence-corrected chi connectivity index (χ4v) is 4.92. The number of benzene rings is 1. The largest absolute Gasteiger partial charge is 0.462 e. The number of carbonyl (C=O) groups excluding carboxylic acids is 2. The van der Waals surface area contributed by atoms with E-state index < -0.39 is 5.91 Å². The zero-order valence-corrected chi connectivity index (χ0v) is 16.5. The standard InChI is InChI=1S/C19H14N2O5S2/c1-3-25-18(24)15-9(2)14-17(27-15)21-19(28-14)20-16(23)13-8-11(22)10-6-4-5-7-12(10)26-13/h4-8H,3H2,1-2H3,(H,20,21,23). The monoisotopic (exact) mass is 414 g/mol. The molecule has 1 amide bonds. The molecule has 0 spiro atoms. The zero-order valence-electron chi connectivity index (χ0n) is 14.9. The number of esters is 1. The Hall–Kier alpha value is -3.04. The van der Waals surface area contributed by atoms with E-state index in [1.165, 1.54) is 22.7 Å². The van der Waals surface area contributed by atoms with E-state index in [0.29, 0.717) is 32.4 Å². The second kappa shape index (κ2) is 7.17. The molecule has 0 saturated carbocycles. The van der Waals surface area contributed by atoms with Crippen LogP contribution in [-0.4, -0.2) is 23.5 Å². The Morgan fingerprint density at radius 3 is 2.79 bits per heavy atom. The molecule has 0 unspecified atom stereocenters. The number of para-hydroxylation sites is 1. The van der Waals surface area contributed by atoms with Crippen LogP contribution in [0, 0.1) is 6.92 Å². The molecule has 1 aromatic carbocycles. The highest BCUT2D eigenvalue weighted by Gasteiger charge is 2.21. The second-order valence-corrected chi connectivity index (χ2v) is 7.85. The van der Waals surface area contributed by atoms with Crippen molar-refractivity contribution >= 4 is 60.2 Å². The van der Waals surface area contributed by atoms with Gasteiger partial charge in [0.2, 0.25) is 0 Å². The average Bonchev–Trinajstić information content (AvgIpc) is 3.20. The summed E-state index contributed by atoms with van der Waals surface area (Å²) in [4.78, 5) is 42.2. The van der Waals surface area contributed by atoms with Crippen LogP contribution in [0.15, 0.2) is 39.5 Å². The second-order valence-electron chi connectivity index (χ2n) is 5.86. The molecule has 0 bridgehead atoms. The van der Waals surface area contributed by atoms with Gasteiger partial charge in [-0.15, -0.1) is 11.3 Å². The lowest BCUT2D eigenvalue weighted by molar-refractivity contribution is 0.0531. The van der Waals surface area contributed by atoms with Gasteiger partial charge < -0.3 is 9.15 Å². The minimum Gasteiger partial charge on any atom is -0.462 e. The summed E-state index contributed by atoms with van der Waals surface area (Å²) in [6.07, 6.45) is 0. The van der Waals surface area contributed by atoms with E-state index in [1.54, 1.807) is 31.2 Å². The molecule has 4 aromatic rings. The Labute approximate surface area is 166 Å². The number of amides is 1. The summed E-state index contributed by atoms with van der Waals surface area (Å²) in [6, 6.07) is 7.90. The van der Waals surface area contributed by atoms with Gasteiger partial charge in [-0.2, -0.15) is 0 Å². The third-order valence-corrected chi connectivity index (χ3v) is 6.40. The van der Waals surface area contributed by atoms with Crippen LogP contribution in [0.4, 0.5) is 5.13 Å². The molecule has 0 aliphatic heterocycles. The van der Waals surface area contributed by atoms with Crippen LogP contribution in [0.25, 0.3) is 20.5 Å². The van der Waals surface area contributed by atoms with Crippen LogP contribution in [0.3, 0.4) is 0 Å². The topological polar surface area (TPSA) is 98.5 Å². The molecular weight excluding hydrogens is 400 g/mol. The predicted molar refractivity (Wildman–Crippen MR) is 109 cm³/mol. The van der Waals surface area contributed by atoms with Crippen molar-refractivity contribution in [1.82, 2.24) is 4.98 Å². The van der Waals surface area contributed by atoms with Crippen molar-refractivity contribution in [3.8, 4) is 0 Å². The maximum absolute atomic E-state index is 12.5. The number of aryl methyl sites for hydroxylation is 1. The molecule has 0 atom stereocenters. The lowest BCUT2D eigenvalue weighted by Crippen LogP contribution is -2.14. The molecule has 1 N–H and O–H groups in total. The van der Waals surface area contributed by atoms with Crippen LogP contribution in [0.1, 0.15) is 32.7 Å². The third-order valence-electron chi connectivity index (χ3n) is 4.02. The highest BCUT2D eigenvalue weighted by molar-refractivity contribution is 7.30. The molecule has 4 rings (SSSR count). The lowest BCUT2D eigenvalue weighted by Gasteiger charge is -2.02. The summed E-state index contributed by atoms with van der Waals surface area (Å²) >= 11 is 2.47. The number of anilines is 1. The Morgan fingerprint density at radius 1 is 1.25 bits per heavy atom. The van der Waals surface area contributed by atoms with E-state index in [2.05, 4.69) is 10.3 Å². The molecule has 3 heterocycles. The molecule has 0 fully saturated rings. The van der Waals surface area contributed by atoms with Crippen molar-refractivity contribution in [2.45, 2.75) is 13.8 Å². The van der Waals surface area contributed by atoms with Gasteiger partial charge in [0.25, 0.3) is 5.91 Å². The highest BCUT2D eigenvalue weighted by Crippen LogP contribution is 2.37. The summed E-state index contributed by atoms with van der Waals surface area (Å²) in [5.41, 5.74) is 0.825. The fourth-order valence-electron chi connectivity index (χ4n) is 2.71. The molecular formula is C19H14N2O5S2. The molecule has 9 heteroatoms. The van der Waals surface area contributed by atoms with E-state index in [4.69, 9.17) is 9.15 Å². The number of rotatable bonds is 4. The number of hydrogen-bond acceptors (Lipinski definition) is 8. The fraction of sp³-hybridized carbons (Fsp3) is 0.158. The molecule has 142 valence electrons. The molecule has 0 aliphatic rings. The minimum atomic E-state index is -0.562. The predicted octanol–water partition coefficient (Wildman–Crippen LogP) is 4.20. The lowest BCUT2D eigenvalue weighted by atomic mass is 10.2. The molecule has 0 radical (unpaired) electrons. The van der Waals surface area contributed by atoms with Gasteiger partial charge >= 0.3 is 5.97 Å². The van der Waals surface area contributed by atoms with Gasteiger partial charge in [0, 0.05) is 6.07 Å². The number of nitrogens with zero attached hydrogens (tertiary/aromatic N) is 1.